The van der Waals surface area contributed by atoms with Gasteiger partial charge in [-0.25, -0.2) is 4.79 Å². The molecule has 0 aliphatic carbocycles. The zero-order chi connectivity index (χ0) is 9.97. The molecule has 2 rings (SSSR count). The zero-order valence-corrected chi connectivity index (χ0v) is 7.64. The monoisotopic (exact) mass is 192 g/mol. The van der Waals surface area contributed by atoms with E-state index in [0.717, 1.165) is 5.56 Å². The molecular weight excluding hydrogens is 180 g/mol. The lowest BCUT2D eigenvalue weighted by Crippen LogP contribution is -2.28. The number of carbonyl (C=O) groups excluding carboxylic acids is 1. The lowest BCUT2D eigenvalue weighted by molar-refractivity contribution is 0.135. The van der Waals surface area contributed by atoms with Gasteiger partial charge in [0, 0.05) is 6.54 Å². The first-order valence-corrected chi connectivity index (χ1v) is 4.53. The Morgan fingerprint density at radius 2 is 2.07 bits per heavy atom. The van der Waals surface area contributed by atoms with Crippen molar-refractivity contribution in [3.05, 3.63) is 35.9 Å². The molecule has 1 saturated heterocycles. The second-order valence-corrected chi connectivity index (χ2v) is 3.21. The van der Waals surface area contributed by atoms with Crippen molar-refractivity contribution in [3.63, 3.8) is 0 Å². The molecule has 2 unspecified atom stereocenters. The third-order valence-corrected chi connectivity index (χ3v) is 2.29. The molecule has 4 heteroatoms. The predicted molar refractivity (Wildman–Crippen MR) is 51.6 cm³/mol. The molecule has 1 heterocycles. The third kappa shape index (κ3) is 1.56. The molecule has 4 nitrogen and oxygen atoms in total. The molecule has 1 fully saturated rings. The van der Waals surface area contributed by atoms with E-state index in [1.807, 2.05) is 30.3 Å². The fourth-order valence-corrected chi connectivity index (χ4v) is 1.60. The van der Waals surface area contributed by atoms with Gasteiger partial charge in [-0.2, -0.15) is 0 Å². The Balaban J connectivity index is 2.22. The van der Waals surface area contributed by atoms with E-state index in [9.17, 15) is 4.79 Å². The van der Waals surface area contributed by atoms with Crippen LogP contribution in [0.4, 0.5) is 4.79 Å². The summed E-state index contributed by atoms with van der Waals surface area (Å²) in [6.45, 7) is 0.332. The lowest BCUT2D eigenvalue weighted by Gasteiger charge is -2.14. The zero-order valence-electron chi connectivity index (χ0n) is 7.64. The molecule has 1 aromatic carbocycles. The fourth-order valence-electron chi connectivity index (χ4n) is 1.60. The van der Waals surface area contributed by atoms with Crippen LogP contribution in [0.25, 0.3) is 0 Å². The number of alkyl carbamates (subject to hydrolysis) is 1. The summed E-state index contributed by atoms with van der Waals surface area (Å²) >= 11 is 0. The molecule has 0 aromatic heterocycles. The van der Waals surface area contributed by atoms with Gasteiger partial charge in [0.2, 0.25) is 0 Å². The standard InChI is InChI=1S/C10H12N2O2/c11-6-8-9(12-10(13)14-8)7-4-2-1-3-5-7/h1-5,8-9H,6,11H2,(H,12,13). The second kappa shape index (κ2) is 3.67. The Morgan fingerprint density at radius 3 is 2.71 bits per heavy atom. The molecule has 1 aliphatic rings. The van der Waals surface area contributed by atoms with Gasteiger partial charge in [0.15, 0.2) is 0 Å². The molecular formula is C10H12N2O2. The number of benzene rings is 1. The van der Waals surface area contributed by atoms with E-state index in [2.05, 4.69) is 5.32 Å². The van der Waals surface area contributed by atoms with Crippen LogP contribution in [0.5, 0.6) is 0 Å². The van der Waals surface area contributed by atoms with E-state index in [4.69, 9.17) is 10.5 Å². The number of hydrogen-bond donors (Lipinski definition) is 2. The van der Waals surface area contributed by atoms with Crippen molar-refractivity contribution in [2.75, 3.05) is 6.54 Å². The van der Waals surface area contributed by atoms with Crippen molar-refractivity contribution in [2.45, 2.75) is 12.1 Å². The van der Waals surface area contributed by atoms with E-state index in [-0.39, 0.29) is 12.1 Å². The number of ether oxygens (including phenoxy) is 1. The predicted octanol–water partition coefficient (Wildman–Crippen LogP) is 0.795. The van der Waals surface area contributed by atoms with Crippen LogP contribution in [0.15, 0.2) is 30.3 Å². The largest absolute Gasteiger partial charge is 0.442 e. The van der Waals surface area contributed by atoms with Gasteiger partial charge in [-0.05, 0) is 5.56 Å². The Hall–Kier alpha value is -1.55. The van der Waals surface area contributed by atoms with Gasteiger partial charge >= 0.3 is 6.09 Å². The molecule has 3 N–H and O–H groups in total. The highest BCUT2D eigenvalue weighted by Crippen LogP contribution is 2.23. The van der Waals surface area contributed by atoms with Crippen molar-refractivity contribution < 1.29 is 9.53 Å². The molecule has 0 saturated carbocycles. The summed E-state index contributed by atoms with van der Waals surface area (Å²) in [5, 5.41) is 2.73. The maximum Gasteiger partial charge on any atom is 0.408 e. The number of rotatable bonds is 2. The van der Waals surface area contributed by atoms with Crippen molar-refractivity contribution in [2.24, 2.45) is 5.73 Å². The van der Waals surface area contributed by atoms with Crippen LogP contribution in [0.3, 0.4) is 0 Å². The minimum atomic E-state index is -0.394. The summed E-state index contributed by atoms with van der Waals surface area (Å²) in [5.41, 5.74) is 6.53. The van der Waals surface area contributed by atoms with E-state index in [1.54, 1.807) is 0 Å². The number of cyclic esters (lactones) is 1. The summed E-state index contributed by atoms with van der Waals surface area (Å²) in [6.07, 6.45) is -0.654. The Kier molecular flexibility index (Phi) is 2.37. The van der Waals surface area contributed by atoms with Crippen LogP contribution in [0.2, 0.25) is 0 Å². The molecule has 2 atom stereocenters. The normalized spacial score (nSPS) is 25.6. The minimum Gasteiger partial charge on any atom is -0.442 e. The maximum atomic E-state index is 11.0. The number of nitrogens with one attached hydrogen (secondary N) is 1. The highest BCUT2D eigenvalue weighted by molar-refractivity contribution is 5.70. The number of hydrogen-bond acceptors (Lipinski definition) is 3. The number of amides is 1. The van der Waals surface area contributed by atoms with E-state index >= 15 is 0 Å². The van der Waals surface area contributed by atoms with Gasteiger partial charge in [-0.1, -0.05) is 30.3 Å². The van der Waals surface area contributed by atoms with Gasteiger partial charge < -0.3 is 15.8 Å². The first-order valence-electron chi connectivity index (χ1n) is 4.53. The molecule has 14 heavy (non-hydrogen) atoms. The van der Waals surface area contributed by atoms with E-state index < -0.39 is 6.09 Å². The Labute approximate surface area is 82.1 Å². The van der Waals surface area contributed by atoms with Crippen molar-refractivity contribution in [1.29, 1.82) is 0 Å². The topological polar surface area (TPSA) is 64.3 Å². The van der Waals surface area contributed by atoms with E-state index in [1.165, 1.54) is 0 Å². The minimum absolute atomic E-state index is 0.117. The SMILES string of the molecule is NCC1OC(=O)NC1c1ccccc1. The number of nitrogens with two attached hydrogens (primary N) is 1. The summed E-state index contributed by atoms with van der Waals surface area (Å²) in [5.74, 6) is 0. The molecule has 0 radical (unpaired) electrons. The van der Waals surface area contributed by atoms with Crippen LogP contribution < -0.4 is 11.1 Å². The van der Waals surface area contributed by atoms with Gasteiger partial charge in [0.25, 0.3) is 0 Å². The first kappa shape index (κ1) is 9.02. The molecule has 1 amide bonds. The second-order valence-electron chi connectivity index (χ2n) is 3.21. The highest BCUT2D eigenvalue weighted by Gasteiger charge is 2.33. The van der Waals surface area contributed by atoms with Crippen molar-refractivity contribution >= 4 is 6.09 Å². The molecule has 1 aliphatic heterocycles. The first-order chi connectivity index (χ1) is 6.81. The van der Waals surface area contributed by atoms with Crippen LogP contribution in [0.1, 0.15) is 11.6 Å². The maximum absolute atomic E-state index is 11.0. The fraction of sp³-hybridized carbons (Fsp3) is 0.300. The smallest absolute Gasteiger partial charge is 0.408 e. The molecule has 74 valence electrons. The van der Waals surface area contributed by atoms with Gasteiger partial charge in [-0.3, -0.25) is 0 Å². The average molecular weight is 192 g/mol. The average Bonchev–Trinajstić information content (AvgIpc) is 2.61. The summed E-state index contributed by atoms with van der Waals surface area (Å²) < 4.78 is 5.00. The number of carbonyl (C=O) groups is 1. The summed E-state index contributed by atoms with van der Waals surface area (Å²) in [7, 11) is 0. The van der Waals surface area contributed by atoms with Gasteiger partial charge in [0.05, 0.1) is 6.04 Å². The third-order valence-electron chi connectivity index (χ3n) is 2.29. The van der Waals surface area contributed by atoms with E-state index in [0.29, 0.717) is 6.54 Å². The van der Waals surface area contributed by atoms with Gasteiger partial charge in [-0.15, -0.1) is 0 Å². The quantitative estimate of drug-likeness (QED) is 0.728. The summed E-state index contributed by atoms with van der Waals surface area (Å²) in [6, 6.07) is 9.55. The van der Waals surface area contributed by atoms with Crippen LogP contribution >= 0.6 is 0 Å². The van der Waals surface area contributed by atoms with Crippen LogP contribution in [-0.4, -0.2) is 18.7 Å². The Morgan fingerprint density at radius 1 is 1.36 bits per heavy atom. The molecule has 1 aromatic rings. The van der Waals surface area contributed by atoms with Gasteiger partial charge in [0.1, 0.15) is 6.10 Å². The molecule has 0 bridgehead atoms. The van der Waals surface area contributed by atoms with Crippen molar-refractivity contribution in [3.8, 4) is 0 Å². The van der Waals surface area contributed by atoms with Crippen LogP contribution in [-0.2, 0) is 4.74 Å². The Bertz CT molecular complexity index is 326. The lowest BCUT2D eigenvalue weighted by atomic mass is 10.0. The van der Waals surface area contributed by atoms with Crippen LogP contribution in [0, 0.1) is 0 Å². The summed E-state index contributed by atoms with van der Waals surface area (Å²) in [4.78, 5) is 11.0. The highest BCUT2D eigenvalue weighted by atomic mass is 16.6. The molecule has 0 spiro atoms. The van der Waals surface area contributed by atoms with Crippen molar-refractivity contribution in [1.82, 2.24) is 5.32 Å².